The number of amides is 1. The number of aryl methyl sites for hydroxylation is 1. The largest absolute Gasteiger partial charge is 0.494 e. The second-order valence-electron chi connectivity index (χ2n) is 11.1. The van der Waals surface area contributed by atoms with E-state index in [1.165, 1.54) is 23.0 Å². The molecule has 0 atom stereocenters. The van der Waals surface area contributed by atoms with Crippen molar-refractivity contribution in [2.75, 3.05) is 18.5 Å². The van der Waals surface area contributed by atoms with Crippen molar-refractivity contribution >= 4 is 57.6 Å². The lowest BCUT2D eigenvalue weighted by molar-refractivity contribution is -0.385. The Morgan fingerprint density at radius 2 is 1.81 bits per heavy atom. The molecule has 48 heavy (non-hydrogen) atoms. The summed E-state index contributed by atoms with van der Waals surface area (Å²) in [6, 6.07) is 19.8. The van der Waals surface area contributed by atoms with Gasteiger partial charge >= 0.3 is 5.69 Å². The lowest BCUT2D eigenvalue weighted by Gasteiger charge is -2.18. The van der Waals surface area contributed by atoms with E-state index in [0.717, 1.165) is 16.9 Å². The average molecular weight is 689 g/mol. The van der Waals surface area contributed by atoms with Gasteiger partial charge in [0.05, 0.1) is 33.7 Å². The zero-order valence-electron chi connectivity index (χ0n) is 26.5. The summed E-state index contributed by atoms with van der Waals surface area (Å²) < 4.78 is 12.5. The predicted molar refractivity (Wildman–Crippen MR) is 188 cm³/mol. The number of benzene rings is 4. The lowest BCUT2D eigenvalue weighted by Crippen LogP contribution is -2.21. The van der Waals surface area contributed by atoms with E-state index < -0.39 is 28.7 Å². The second kappa shape index (κ2) is 14.7. The van der Waals surface area contributed by atoms with Crippen molar-refractivity contribution < 1.29 is 19.2 Å². The molecule has 0 unspecified atom stereocenters. The van der Waals surface area contributed by atoms with Gasteiger partial charge in [0.25, 0.3) is 11.5 Å². The van der Waals surface area contributed by atoms with Crippen LogP contribution >= 0.6 is 23.2 Å². The highest BCUT2D eigenvalue weighted by Gasteiger charge is 2.22. The second-order valence-corrected chi connectivity index (χ2v) is 11.9. The molecule has 0 aliphatic rings. The minimum Gasteiger partial charge on any atom is -0.494 e. The van der Waals surface area contributed by atoms with Gasteiger partial charge < -0.3 is 14.8 Å². The molecule has 4 aromatic carbocycles. The zero-order chi connectivity index (χ0) is 34.5. The van der Waals surface area contributed by atoms with Crippen LogP contribution in [0.2, 0.25) is 10.0 Å². The number of nitro groups is 1. The fourth-order valence-corrected chi connectivity index (χ4v) is 5.42. The Kier molecular flexibility index (Phi) is 10.4. The average Bonchev–Trinajstić information content (AvgIpc) is 3.04. The van der Waals surface area contributed by atoms with Crippen molar-refractivity contribution in [3.63, 3.8) is 0 Å². The topological polar surface area (TPSA) is 138 Å². The summed E-state index contributed by atoms with van der Waals surface area (Å²) in [6.45, 7) is 7.86. The number of rotatable bonds is 11. The van der Waals surface area contributed by atoms with Crippen LogP contribution in [0.4, 0.5) is 11.4 Å². The van der Waals surface area contributed by atoms with Gasteiger partial charge in [-0.1, -0.05) is 49.2 Å². The van der Waals surface area contributed by atoms with Crippen molar-refractivity contribution in [2.45, 2.75) is 33.6 Å². The smallest absolute Gasteiger partial charge is 0.313 e. The summed E-state index contributed by atoms with van der Waals surface area (Å²) in [7, 11) is 0. The Labute approximate surface area is 285 Å². The van der Waals surface area contributed by atoms with Gasteiger partial charge in [-0.2, -0.15) is 9.78 Å². The van der Waals surface area contributed by atoms with Gasteiger partial charge in [0, 0.05) is 27.9 Å². The molecule has 0 radical (unpaired) electrons. The number of para-hydroxylation sites is 1. The number of ether oxygens (including phenoxy) is 2. The van der Waals surface area contributed by atoms with Gasteiger partial charge in [0.15, 0.2) is 12.4 Å². The van der Waals surface area contributed by atoms with Crippen molar-refractivity contribution in [2.24, 2.45) is 5.10 Å². The first kappa shape index (κ1) is 34.1. The molecule has 5 aromatic rings. The van der Waals surface area contributed by atoms with Crippen LogP contribution < -0.4 is 20.3 Å². The lowest BCUT2D eigenvalue weighted by atomic mass is 9.96. The molecule has 1 heterocycles. The summed E-state index contributed by atoms with van der Waals surface area (Å²) in [5, 5.41) is 19.8. The van der Waals surface area contributed by atoms with Gasteiger partial charge in [-0.3, -0.25) is 19.7 Å². The molecular weight excluding hydrogens is 657 g/mol. The van der Waals surface area contributed by atoms with E-state index >= 15 is 0 Å². The normalized spacial score (nSPS) is 11.3. The molecule has 1 amide bonds. The molecule has 5 rings (SSSR count). The van der Waals surface area contributed by atoms with Crippen LogP contribution in [0, 0.1) is 17.0 Å². The standard InChI is InChI=1S/C35H31Cl2N5O6/c1-5-47-31-14-21(4)27(17-26(31)20(2)3)34-40-29-9-7-6-8-25(29)35(44)41(34)38-18-22-15-28(37)33(30(16-22)42(45)46)48-19-32(43)39-24-12-10-23(36)11-13-24/h6-18,20H,5,19H2,1-4H3,(H,39,43). The first-order valence-corrected chi connectivity index (χ1v) is 15.7. The number of carbonyl (C=O) groups is 1. The number of nitrogens with one attached hydrogen (secondary N) is 1. The molecule has 0 aliphatic heterocycles. The number of nitro benzene ring substituents is 1. The SMILES string of the molecule is CCOc1cc(C)c(-c2nc3ccccc3c(=O)n2N=Cc2cc(Cl)c(OCC(=O)Nc3ccc(Cl)cc3)c([N+](=O)[O-])c2)cc1C(C)C. The molecule has 1 aromatic heterocycles. The maximum Gasteiger partial charge on any atom is 0.313 e. The number of nitrogens with zero attached hydrogens (tertiary/aromatic N) is 4. The number of halogens is 2. The number of aromatic nitrogens is 2. The van der Waals surface area contributed by atoms with E-state index in [9.17, 15) is 19.7 Å². The minimum absolute atomic E-state index is 0.113. The van der Waals surface area contributed by atoms with E-state index in [4.69, 9.17) is 37.7 Å². The number of anilines is 1. The summed E-state index contributed by atoms with van der Waals surface area (Å²) in [5.41, 5.74) is 2.68. The van der Waals surface area contributed by atoms with E-state index in [0.29, 0.717) is 33.8 Å². The van der Waals surface area contributed by atoms with E-state index in [1.54, 1.807) is 48.5 Å². The third kappa shape index (κ3) is 7.48. The molecular formula is C35H31Cl2N5O6. The fraction of sp³-hybridized carbons (Fsp3) is 0.200. The van der Waals surface area contributed by atoms with Gasteiger partial charge in [0.2, 0.25) is 5.75 Å². The Hall–Kier alpha value is -5.26. The van der Waals surface area contributed by atoms with Crippen LogP contribution in [-0.4, -0.2) is 39.9 Å². The van der Waals surface area contributed by atoms with E-state index in [-0.39, 0.29) is 28.1 Å². The summed E-state index contributed by atoms with van der Waals surface area (Å²) in [6.07, 6.45) is 1.28. The zero-order valence-corrected chi connectivity index (χ0v) is 28.0. The molecule has 0 saturated heterocycles. The monoisotopic (exact) mass is 687 g/mol. The predicted octanol–water partition coefficient (Wildman–Crippen LogP) is 8.01. The van der Waals surface area contributed by atoms with Crippen LogP contribution in [0.15, 0.2) is 82.7 Å². The third-order valence-corrected chi connectivity index (χ3v) is 7.85. The highest BCUT2D eigenvalue weighted by molar-refractivity contribution is 6.32. The first-order valence-electron chi connectivity index (χ1n) is 15.0. The number of hydrogen-bond acceptors (Lipinski definition) is 8. The van der Waals surface area contributed by atoms with Gasteiger partial charge in [0.1, 0.15) is 5.75 Å². The first-order chi connectivity index (χ1) is 23.0. The molecule has 0 saturated carbocycles. The van der Waals surface area contributed by atoms with Crippen LogP contribution in [0.5, 0.6) is 11.5 Å². The highest BCUT2D eigenvalue weighted by atomic mass is 35.5. The maximum atomic E-state index is 13.8. The Bertz CT molecular complexity index is 2110. The molecule has 0 spiro atoms. The van der Waals surface area contributed by atoms with Gasteiger partial charge in [-0.05, 0) is 85.5 Å². The minimum atomic E-state index is -0.679. The molecule has 0 fully saturated rings. The molecule has 11 nitrogen and oxygen atoms in total. The van der Waals surface area contributed by atoms with Crippen LogP contribution in [0.3, 0.4) is 0 Å². The van der Waals surface area contributed by atoms with Crippen LogP contribution in [0.1, 0.15) is 43.4 Å². The Morgan fingerprint density at radius 1 is 1.08 bits per heavy atom. The Morgan fingerprint density at radius 3 is 2.50 bits per heavy atom. The molecule has 0 aliphatic carbocycles. The van der Waals surface area contributed by atoms with Crippen molar-refractivity contribution in [3.8, 4) is 22.9 Å². The van der Waals surface area contributed by atoms with E-state index in [1.807, 2.05) is 39.8 Å². The molecule has 1 N–H and O–H groups in total. The Balaban J connectivity index is 1.53. The fourth-order valence-electron chi connectivity index (χ4n) is 5.02. The van der Waals surface area contributed by atoms with E-state index in [2.05, 4.69) is 10.4 Å². The summed E-state index contributed by atoms with van der Waals surface area (Å²) in [4.78, 5) is 42.4. The third-order valence-electron chi connectivity index (χ3n) is 7.31. The van der Waals surface area contributed by atoms with Crippen LogP contribution in [0.25, 0.3) is 22.3 Å². The van der Waals surface area contributed by atoms with Crippen molar-refractivity contribution in [3.05, 3.63) is 120 Å². The quantitative estimate of drug-likeness (QED) is 0.0843. The number of carbonyl (C=O) groups excluding carboxylic acids is 1. The maximum absolute atomic E-state index is 13.8. The van der Waals surface area contributed by atoms with Crippen molar-refractivity contribution in [1.82, 2.24) is 9.66 Å². The summed E-state index contributed by atoms with van der Waals surface area (Å²) in [5.74, 6) is 0.293. The van der Waals surface area contributed by atoms with Gasteiger partial charge in [-0.15, -0.1) is 0 Å². The molecule has 0 bridgehead atoms. The van der Waals surface area contributed by atoms with Crippen LogP contribution in [-0.2, 0) is 4.79 Å². The molecule has 13 heteroatoms. The number of fused-ring (bicyclic) bond motifs is 1. The molecule has 246 valence electrons. The summed E-state index contributed by atoms with van der Waals surface area (Å²) >= 11 is 12.3. The van der Waals surface area contributed by atoms with Gasteiger partial charge in [-0.25, -0.2) is 4.98 Å². The highest BCUT2D eigenvalue weighted by Crippen LogP contribution is 2.37. The number of hydrogen-bond donors (Lipinski definition) is 1. The van der Waals surface area contributed by atoms with Crippen molar-refractivity contribution in [1.29, 1.82) is 0 Å².